The summed E-state index contributed by atoms with van der Waals surface area (Å²) in [6, 6.07) is 0. The molecule has 5 heteroatoms. The third-order valence-corrected chi connectivity index (χ3v) is 2.47. The summed E-state index contributed by atoms with van der Waals surface area (Å²) in [6.45, 7) is 10.4. The average Bonchev–Trinajstić information content (AvgIpc) is 2.15. The third kappa shape index (κ3) is 5.17. The Kier molecular flexibility index (Phi) is 4.51. The Hall–Kier alpha value is -1.10. The summed E-state index contributed by atoms with van der Waals surface area (Å²) in [4.78, 5) is 26.5. The molecule has 0 aliphatic carbocycles. The number of nitrogens with zero attached hydrogens (tertiary/aromatic N) is 2. The van der Waals surface area contributed by atoms with E-state index in [4.69, 9.17) is 4.74 Å². The first kappa shape index (κ1) is 14.0. The van der Waals surface area contributed by atoms with Gasteiger partial charge in [0.05, 0.1) is 6.54 Å². The monoisotopic (exact) mass is 242 g/mol. The minimum atomic E-state index is -0.451. The highest BCUT2D eigenvalue weighted by Crippen LogP contribution is 2.11. The van der Waals surface area contributed by atoms with Crippen LogP contribution in [0.3, 0.4) is 0 Å². The predicted molar refractivity (Wildman–Crippen MR) is 64.9 cm³/mol. The summed E-state index contributed by atoms with van der Waals surface area (Å²) in [5.41, 5.74) is -0.451. The first-order valence-corrected chi connectivity index (χ1v) is 5.97. The number of hydrogen-bond acceptors (Lipinski definition) is 4. The molecule has 0 N–H and O–H groups in total. The summed E-state index contributed by atoms with van der Waals surface area (Å²) < 4.78 is 5.30. The quantitative estimate of drug-likeness (QED) is 0.728. The largest absolute Gasteiger partial charge is 0.444 e. The molecule has 1 heterocycles. The Morgan fingerprint density at radius 1 is 1.12 bits per heavy atom. The van der Waals surface area contributed by atoms with E-state index in [1.54, 1.807) is 11.8 Å². The van der Waals surface area contributed by atoms with Gasteiger partial charge in [-0.05, 0) is 27.7 Å². The summed E-state index contributed by atoms with van der Waals surface area (Å²) in [7, 11) is 0. The van der Waals surface area contributed by atoms with Gasteiger partial charge in [-0.2, -0.15) is 0 Å². The van der Waals surface area contributed by atoms with Gasteiger partial charge in [0, 0.05) is 26.2 Å². The maximum absolute atomic E-state index is 11.8. The number of rotatable bonds is 2. The van der Waals surface area contributed by atoms with E-state index in [0.717, 1.165) is 13.1 Å². The van der Waals surface area contributed by atoms with Gasteiger partial charge in [0.2, 0.25) is 0 Å². The van der Waals surface area contributed by atoms with Crippen molar-refractivity contribution in [2.24, 2.45) is 0 Å². The van der Waals surface area contributed by atoms with E-state index in [-0.39, 0.29) is 11.9 Å². The molecule has 0 aromatic rings. The molecule has 1 aliphatic rings. The second-order valence-corrected chi connectivity index (χ2v) is 5.45. The second kappa shape index (κ2) is 5.49. The van der Waals surface area contributed by atoms with Crippen LogP contribution in [0.15, 0.2) is 0 Å². The first-order chi connectivity index (χ1) is 7.78. The van der Waals surface area contributed by atoms with Crippen LogP contribution in [0.2, 0.25) is 0 Å². The average molecular weight is 242 g/mol. The maximum atomic E-state index is 11.8. The van der Waals surface area contributed by atoms with Gasteiger partial charge in [-0.15, -0.1) is 0 Å². The Labute approximate surface area is 103 Å². The lowest BCUT2D eigenvalue weighted by atomic mass is 10.2. The standard InChI is InChI=1S/C12H22N2O3/c1-10(15)9-13-5-7-14(8-6-13)11(16)17-12(2,3)4/h5-9H2,1-4H3. The van der Waals surface area contributed by atoms with Crippen LogP contribution in [0.4, 0.5) is 4.79 Å². The molecule has 0 spiro atoms. The van der Waals surface area contributed by atoms with Crippen molar-refractivity contribution in [3.05, 3.63) is 0 Å². The molecule has 0 bridgehead atoms. The van der Waals surface area contributed by atoms with Crippen LogP contribution in [0.25, 0.3) is 0 Å². The van der Waals surface area contributed by atoms with Crippen molar-refractivity contribution in [1.82, 2.24) is 9.80 Å². The van der Waals surface area contributed by atoms with Gasteiger partial charge in [0.25, 0.3) is 0 Å². The molecule has 0 atom stereocenters. The molecule has 0 unspecified atom stereocenters. The molecule has 0 saturated carbocycles. The number of amides is 1. The fraction of sp³-hybridized carbons (Fsp3) is 0.833. The molecule has 0 aromatic carbocycles. The predicted octanol–water partition coefficient (Wildman–Crippen LogP) is 1.13. The molecule has 1 saturated heterocycles. The smallest absolute Gasteiger partial charge is 0.410 e. The van der Waals surface area contributed by atoms with Crippen LogP contribution in [-0.2, 0) is 9.53 Å². The Bertz CT molecular complexity index is 289. The van der Waals surface area contributed by atoms with E-state index < -0.39 is 5.60 Å². The number of carbonyl (C=O) groups is 2. The van der Waals surface area contributed by atoms with Gasteiger partial charge < -0.3 is 9.64 Å². The highest BCUT2D eigenvalue weighted by molar-refractivity contribution is 5.77. The SMILES string of the molecule is CC(=O)CN1CCN(C(=O)OC(C)(C)C)CC1. The minimum absolute atomic E-state index is 0.163. The summed E-state index contributed by atoms with van der Waals surface area (Å²) in [5.74, 6) is 0.163. The van der Waals surface area contributed by atoms with Crippen molar-refractivity contribution >= 4 is 11.9 Å². The highest BCUT2D eigenvalue weighted by atomic mass is 16.6. The van der Waals surface area contributed by atoms with Crippen molar-refractivity contribution in [2.45, 2.75) is 33.3 Å². The fourth-order valence-electron chi connectivity index (χ4n) is 1.73. The van der Waals surface area contributed by atoms with Crippen molar-refractivity contribution in [2.75, 3.05) is 32.7 Å². The molecule has 0 radical (unpaired) electrons. The number of ketones is 1. The Balaban J connectivity index is 2.36. The van der Waals surface area contributed by atoms with Crippen LogP contribution in [0.5, 0.6) is 0 Å². The molecule has 5 nitrogen and oxygen atoms in total. The van der Waals surface area contributed by atoms with Gasteiger partial charge in [-0.25, -0.2) is 4.79 Å². The Morgan fingerprint density at radius 3 is 2.06 bits per heavy atom. The molecule has 1 aliphatic heterocycles. The molecular weight excluding hydrogens is 220 g/mol. The molecule has 1 fully saturated rings. The van der Waals surface area contributed by atoms with Gasteiger partial charge in [0.15, 0.2) is 0 Å². The topological polar surface area (TPSA) is 49.9 Å². The zero-order chi connectivity index (χ0) is 13.1. The molecule has 17 heavy (non-hydrogen) atoms. The number of hydrogen-bond donors (Lipinski definition) is 0. The summed E-state index contributed by atoms with van der Waals surface area (Å²) >= 11 is 0. The number of carbonyl (C=O) groups excluding carboxylic acids is 2. The lowest BCUT2D eigenvalue weighted by Crippen LogP contribution is -2.50. The molecule has 0 aromatic heterocycles. The zero-order valence-electron chi connectivity index (χ0n) is 11.2. The van der Waals surface area contributed by atoms with Crippen LogP contribution < -0.4 is 0 Å². The van der Waals surface area contributed by atoms with Crippen molar-refractivity contribution in [3.8, 4) is 0 Å². The van der Waals surface area contributed by atoms with E-state index >= 15 is 0 Å². The summed E-state index contributed by atoms with van der Waals surface area (Å²) in [6.07, 6.45) is -0.264. The van der Waals surface area contributed by atoms with Gasteiger partial charge in [0.1, 0.15) is 11.4 Å². The molecule has 1 rings (SSSR count). The van der Waals surface area contributed by atoms with E-state index in [1.165, 1.54) is 0 Å². The lowest BCUT2D eigenvalue weighted by molar-refractivity contribution is -0.118. The van der Waals surface area contributed by atoms with Crippen LogP contribution in [0.1, 0.15) is 27.7 Å². The van der Waals surface area contributed by atoms with E-state index in [2.05, 4.69) is 4.90 Å². The van der Waals surface area contributed by atoms with Crippen molar-refractivity contribution in [1.29, 1.82) is 0 Å². The fourth-order valence-corrected chi connectivity index (χ4v) is 1.73. The second-order valence-electron chi connectivity index (χ2n) is 5.45. The van der Waals surface area contributed by atoms with Crippen LogP contribution >= 0.6 is 0 Å². The number of Topliss-reactive ketones (excluding diaryl/α,β-unsaturated/α-hetero) is 1. The maximum Gasteiger partial charge on any atom is 0.410 e. The van der Waals surface area contributed by atoms with Gasteiger partial charge in [-0.1, -0.05) is 0 Å². The highest BCUT2D eigenvalue weighted by Gasteiger charge is 2.25. The van der Waals surface area contributed by atoms with Crippen molar-refractivity contribution in [3.63, 3.8) is 0 Å². The van der Waals surface area contributed by atoms with Crippen LogP contribution in [-0.4, -0.2) is 60.0 Å². The zero-order valence-corrected chi connectivity index (χ0v) is 11.2. The molecule has 1 amide bonds. The first-order valence-electron chi connectivity index (χ1n) is 5.97. The number of piperazine rings is 1. The lowest BCUT2D eigenvalue weighted by Gasteiger charge is -2.35. The summed E-state index contributed by atoms with van der Waals surface area (Å²) in [5, 5.41) is 0. The van der Waals surface area contributed by atoms with E-state index in [9.17, 15) is 9.59 Å². The molecule has 98 valence electrons. The van der Waals surface area contributed by atoms with Crippen LogP contribution in [0, 0.1) is 0 Å². The Morgan fingerprint density at radius 2 is 1.65 bits per heavy atom. The third-order valence-electron chi connectivity index (χ3n) is 2.47. The normalized spacial score (nSPS) is 18.0. The van der Waals surface area contributed by atoms with E-state index in [1.807, 2.05) is 20.8 Å². The van der Waals surface area contributed by atoms with Gasteiger partial charge in [-0.3, -0.25) is 9.69 Å². The van der Waals surface area contributed by atoms with Gasteiger partial charge >= 0.3 is 6.09 Å². The minimum Gasteiger partial charge on any atom is -0.444 e. The van der Waals surface area contributed by atoms with Crippen molar-refractivity contribution < 1.29 is 14.3 Å². The molecular formula is C12H22N2O3. The van der Waals surface area contributed by atoms with E-state index in [0.29, 0.717) is 19.6 Å². The number of ether oxygens (including phenoxy) is 1.